The fourth-order valence-corrected chi connectivity index (χ4v) is 6.21. The number of methoxy groups -OCH3 is 4. The number of aryl methyl sites for hydroxylation is 1. The molecule has 1 saturated heterocycles. The molecule has 0 N–H and O–H groups in total. The number of ether oxygens (including phenoxy) is 4. The van der Waals surface area contributed by atoms with Crippen LogP contribution in [-0.4, -0.2) is 76.2 Å². The molecule has 0 radical (unpaired) electrons. The maximum Gasteiger partial charge on any atom is 0.127 e. The van der Waals surface area contributed by atoms with Crippen molar-refractivity contribution in [1.29, 1.82) is 0 Å². The Bertz CT molecular complexity index is 1240. The molecule has 1 heterocycles. The van der Waals surface area contributed by atoms with E-state index in [4.69, 9.17) is 42.1 Å². The van der Waals surface area contributed by atoms with Gasteiger partial charge in [-0.15, -0.1) is 23.2 Å². The smallest absolute Gasteiger partial charge is 0.127 e. The average Bonchev–Trinajstić information content (AvgIpc) is 3.01. The molecule has 0 aliphatic carbocycles. The number of halogens is 2. The predicted molar refractivity (Wildman–Crippen MR) is 172 cm³/mol. The minimum atomic E-state index is 0.0425. The van der Waals surface area contributed by atoms with Crippen molar-refractivity contribution in [3.63, 3.8) is 0 Å². The molecule has 7 nitrogen and oxygen atoms in total. The van der Waals surface area contributed by atoms with Crippen LogP contribution in [-0.2, 0) is 13.1 Å². The maximum atomic E-state index is 6.12. The van der Waals surface area contributed by atoms with Crippen molar-refractivity contribution in [3.8, 4) is 23.0 Å². The highest BCUT2D eigenvalue weighted by Gasteiger charge is 2.33. The van der Waals surface area contributed by atoms with Gasteiger partial charge in [0.2, 0.25) is 0 Å². The van der Waals surface area contributed by atoms with E-state index in [0.29, 0.717) is 11.8 Å². The molecule has 4 rings (SSSR count). The maximum absolute atomic E-state index is 6.12. The molecule has 3 aromatic carbocycles. The Balaban J connectivity index is 1.74. The van der Waals surface area contributed by atoms with Crippen LogP contribution in [0.4, 0.5) is 5.69 Å². The first-order chi connectivity index (χ1) is 20.5. The molecule has 42 heavy (non-hydrogen) atoms. The zero-order valence-electron chi connectivity index (χ0n) is 25.4. The summed E-state index contributed by atoms with van der Waals surface area (Å²) >= 11 is 12.2. The van der Waals surface area contributed by atoms with Gasteiger partial charge in [-0.1, -0.05) is 18.2 Å². The Hall–Kier alpha value is -2.84. The van der Waals surface area contributed by atoms with E-state index >= 15 is 0 Å². The van der Waals surface area contributed by atoms with Gasteiger partial charge in [-0.25, -0.2) is 0 Å². The van der Waals surface area contributed by atoms with E-state index < -0.39 is 0 Å². The molecule has 0 unspecified atom stereocenters. The predicted octanol–water partition coefficient (Wildman–Crippen LogP) is 6.72. The van der Waals surface area contributed by atoms with E-state index in [1.54, 1.807) is 28.4 Å². The molecular formula is C33H43Cl2N3O4. The summed E-state index contributed by atoms with van der Waals surface area (Å²) in [5.74, 6) is 4.32. The summed E-state index contributed by atoms with van der Waals surface area (Å²) < 4.78 is 22.5. The number of anilines is 1. The summed E-state index contributed by atoms with van der Waals surface area (Å²) in [6.07, 6.45) is 1.09. The lowest BCUT2D eigenvalue weighted by atomic mass is 9.99. The van der Waals surface area contributed by atoms with Gasteiger partial charge in [0.05, 0.1) is 34.6 Å². The van der Waals surface area contributed by atoms with E-state index in [1.807, 2.05) is 24.3 Å². The number of rotatable bonds is 14. The van der Waals surface area contributed by atoms with Gasteiger partial charge < -0.3 is 23.8 Å². The molecular weight excluding hydrogens is 573 g/mol. The standard InChI is InChI=1S/C33H43Cl2N3O4/c1-24-19-27(36(17-13-34)18-14-35)9-12-30(24)33-37(22-25-7-10-28(39-2)20-31(25)41-4)15-6-16-38(33)23-26-8-11-29(40-3)21-32(26)42-5/h7-12,19-21,33H,6,13-18,22-23H2,1-5H3. The summed E-state index contributed by atoms with van der Waals surface area (Å²) in [7, 11) is 6.78. The van der Waals surface area contributed by atoms with E-state index in [-0.39, 0.29) is 6.17 Å². The molecule has 1 aliphatic rings. The van der Waals surface area contributed by atoms with Gasteiger partial charge >= 0.3 is 0 Å². The van der Waals surface area contributed by atoms with Crippen molar-refractivity contribution in [2.24, 2.45) is 0 Å². The van der Waals surface area contributed by atoms with Crippen molar-refractivity contribution in [2.75, 3.05) is 71.3 Å². The highest BCUT2D eigenvalue weighted by molar-refractivity contribution is 6.18. The number of hydrogen-bond donors (Lipinski definition) is 0. The highest BCUT2D eigenvalue weighted by Crippen LogP contribution is 2.38. The van der Waals surface area contributed by atoms with Crippen molar-refractivity contribution >= 4 is 28.9 Å². The van der Waals surface area contributed by atoms with Gasteiger partial charge in [-0.3, -0.25) is 9.80 Å². The third-order valence-corrected chi connectivity index (χ3v) is 8.26. The lowest BCUT2D eigenvalue weighted by Gasteiger charge is -2.45. The third-order valence-electron chi connectivity index (χ3n) is 7.92. The van der Waals surface area contributed by atoms with E-state index in [0.717, 1.165) is 85.5 Å². The van der Waals surface area contributed by atoms with E-state index in [9.17, 15) is 0 Å². The second-order valence-electron chi connectivity index (χ2n) is 10.4. The van der Waals surface area contributed by atoms with Crippen molar-refractivity contribution in [1.82, 2.24) is 9.80 Å². The molecule has 228 valence electrons. The second kappa shape index (κ2) is 15.6. The van der Waals surface area contributed by atoms with Gasteiger partial charge in [0.15, 0.2) is 0 Å². The normalized spacial score (nSPS) is 14.5. The van der Waals surface area contributed by atoms with Crippen LogP contribution in [0.2, 0.25) is 0 Å². The molecule has 1 aliphatic heterocycles. The monoisotopic (exact) mass is 615 g/mol. The summed E-state index contributed by atoms with van der Waals surface area (Å²) in [6, 6.07) is 18.9. The first-order valence-electron chi connectivity index (χ1n) is 14.3. The molecule has 3 aromatic rings. The van der Waals surface area contributed by atoms with Crippen LogP contribution in [0.5, 0.6) is 23.0 Å². The van der Waals surface area contributed by atoms with Gasteiger partial charge in [0.1, 0.15) is 23.0 Å². The lowest BCUT2D eigenvalue weighted by molar-refractivity contribution is -0.0101. The largest absolute Gasteiger partial charge is 0.497 e. The van der Waals surface area contributed by atoms with Crippen LogP contribution in [0.15, 0.2) is 54.6 Å². The summed E-state index contributed by atoms with van der Waals surface area (Å²) in [6.45, 7) is 7.10. The van der Waals surface area contributed by atoms with Crippen molar-refractivity contribution in [2.45, 2.75) is 32.6 Å². The Labute approximate surface area is 260 Å². The Morgan fingerprint density at radius 3 is 1.67 bits per heavy atom. The molecule has 0 aromatic heterocycles. The zero-order valence-corrected chi connectivity index (χ0v) is 26.9. The third kappa shape index (κ3) is 7.56. The minimum absolute atomic E-state index is 0.0425. The van der Waals surface area contributed by atoms with E-state index in [2.05, 4.69) is 52.0 Å². The van der Waals surface area contributed by atoms with Crippen LogP contribution in [0.1, 0.15) is 34.8 Å². The fourth-order valence-electron chi connectivity index (χ4n) is 5.80. The van der Waals surface area contributed by atoms with Gasteiger partial charge in [-0.05, 0) is 48.7 Å². The zero-order chi connectivity index (χ0) is 30.1. The lowest BCUT2D eigenvalue weighted by Crippen LogP contribution is -2.47. The van der Waals surface area contributed by atoms with Gasteiger partial charge in [0.25, 0.3) is 0 Å². The van der Waals surface area contributed by atoms with Gasteiger partial charge in [-0.2, -0.15) is 0 Å². The average molecular weight is 617 g/mol. The number of nitrogens with zero attached hydrogens (tertiary/aromatic N) is 3. The number of alkyl halides is 2. The highest BCUT2D eigenvalue weighted by atomic mass is 35.5. The van der Waals surface area contributed by atoms with Crippen molar-refractivity contribution < 1.29 is 18.9 Å². The Morgan fingerprint density at radius 1 is 0.714 bits per heavy atom. The van der Waals surface area contributed by atoms with Gasteiger partial charge in [0, 0.05) is 80.0 Å². The minimum Gasteiger partial charge on any atom is -0.497 e. The quantitative estimate of drug-likeness (QED) is 0.187. The van der Waals surface area contributed by atoms with Crippen LogP contribution in [0.25, 0.3) is 0 Å². The molecule has 0 amide bonds. The van der Waals surface area contributed by atoms with E-state index in [1.165, 1.54) is 11.1 Å². The summed E-state index contributed by atoms with van der Waals surface area (Å²) in [4.78, 5) is 7.33. The molecule has 0 saturated carbocycles. The summed E-state index contributed by atoms with van der Waals surface area (Å²) in [5, 5.41) is 0. The number of benzene rings is 3. The molecule has 0 bridgehead atoms. The first kappa shape index (κ1) is 32.1. The summed E-state index contributed by atoms with van der Waals surface area (Å²) in [5.41, 5.74) is 5.89. The first-order valence-corrected chi connectivity index (χ1v) is 15.4. The molecule has 1 fully saturated rings. The van der Waals surface area contributed by atoms with Crippen LogP contribution in [0.3, 0.4) is 0 Å². The Morgan fingerprint density at radius 2 is 1.24 bits per heavy atom. The molecule has 9 heteroatoms. The Kier molecular flexibility index (Phi) is 11.9. The van der Waals surface area contributed by atoms with Crippen LogP contribution < -0.4 is 23.8 Å². The number of hydrogen-bond acceptors (Lipinski definition) is 7. The topological polar surface area (TPSA) is 46.6 Å². The second-order valence-corrected chi connectivity index (χ2v) is 11.2. The fraction of sp³-hybridized carbons (Fsp3) is 0.455. The SMILES string of the molecule is COc1ccc(CN2CCCN(Cc3ccc(OC)cc3OC)C2c2ccc(N(CCCl)CCCl)cc2C)c(OC)c1. The molecule has 0 atom stereocenters. The van der Waals surface area contributed by atoms with Crippen LogP contribution >= 0.6 is 23.2 Å². The van der Waals surface area contributed by atoms with Crippen LogP contribution in [0, 0.1) is 6.92 Å². The van der Waals surface area contributed by atoms with Crippen molar-refractivity contribution in [3.05, 3.63) is 76.9 Å². The molecule has 0 spiro atoms.